The van der Waals surface area contributed by atoms with Crippen LogP contribution in [0.5, 0.6) is 11.5 Å². The van der Waals surface area contributed by atoms with Gasteiger partial charge in [-0.3, -0.25) is 9.59 Å². The number of carbonyl (C=O) groups is 2. The summed E-state index contributed by atoms with van der Waals surface area (Å²) >= 11 is 1.31. The van der Waals surface area contributed by atoms with Crippen LogP contribution in [0.3, 0.4) is 0 Å². The molecule has 9 heteroatoms. The van der Waals surface area contributed by atoms with Crippen molar-refractivity contribution in [3.05, 3.63) is 71.7 Å². The molecular formula is C21H16FN3O4S. The normalized spacial score (nSPS) is 11.8. The van der Waals surface area contributed by atoms with E-state index in [4.69, 9.17) is 9.47 Å². The Balaban J connectivity index is 1.52. The van der Waals surface area contributed by atoms with Gasteiger partial charge < -0.3 is 20.1 Å². The molecule has 0 saturated carbocycles. The summed E-state index contributed by atoms with van der Waals surface area (Å²) in [6.45, 7) is 0.108. The summed E-state index contributed by atoms with van der Waals surface area (Å²) in [6.07, 6.45) is 3.38. The van der Waals surface area contributed by atoms with E-state index in [9.17, 15) is 14.0 Å². The van der Waals surface area contributed by atoms with Gasteiger partial charge in [0.05, 0.1) is 11.3 Å². The lowest BCUT2D eigenvalue weighted by Gasteiger charge is -2.11. The number of nitrogens with one attached hydrogen (secondary N) is 2. The number of aromatic nitrogens is 1. The summed E-state index contributed by atoms with van der Waals surface area (Å²) in [7, 11) is 0. The predicted octanol–water partition coefficient (Wildman–Crippen LogP) is 4.18. The van der Waals surface area contributed by atoms with Crippen molar-refractivity contribution < 1.29 is 23.5 Å². The maximum Gasteiger partial charge on any atom is 0.258 e. The zero-order valence-corrected chi connectivity index (χ0v) is 16.6. The molecule has 0 aliphatic carbocycles. The average molecular weight is 425 g/mol. The van der Waals surface area contributed by atoms with E-state index in [0.29, 0.717) is 33.3 Å². The fourth-order valence-corrected chi connectivity index (χ4v) is 3.40. The summed E-state index contributed by atoms with van der Waals surface area (Å²) in [6, 6.07) is 12.0. The molecule has 1 aliphatic rings. The topological polar surface area (TPSA) is 89.6 Å². The van der Waals surface area contributed by atoms with Gasteiger partial charge in [0, 0.05) is 17.4 Å². The number of thioether (sulfide) groups is 1. The Morgan fingerprint density at radius 2 is 1.87 bits per heavy atom. The minimum atomic E-state index is -0.626. The van der Waals surface area contributed by atoms with Crippen molar-refractivity contribution in [2.45, 2.75) is 5.03 Å². The van der Waals surface area contributed by atoms with E-state index in [1.807, 2.05) is 0 Å². The third-order valence-electron chi connectivity index (χ3n) is 4.32. The lowest BCUT2D eigenvalue weighted by Crippen LogP contribution is -2.16. The van der Waals surface area contributed by atoms with Crippen molar-refractivity contribution in [3.8, 4) is 11.5 Å². The number of anilines is 2. The Hall–Kier alpha value is -3.59. The fourth-order valence-electron chi connectivity index (χ4n) is 2.86. The van der Waals surface area contributed by atoms with Crippen LogP contribution >= 0.6 is 11.8 Å². The van der Waals surface area contributed by atoms with Crippen LogP contribution in [0, 0.1) is 5.82 Å². The van der Waals surface area contributed by atoms with E-state index in [1.165, 1.54) is 30.0 Å². The van der Waals surface area contributed by atoms with Crippen molar-refractivity contribution in [2.24, 2.45) is 0 Å². The SMILES string of the molecule is CSc1ncccc1C(=O)Nc1cc(NC(=O)c2ccc3c(c2)OCO3)ccc1F. The first kappa shape index (κ1) is 19.7. The number of hydrogen-bond donors (Lipinski definition) is 2. The largest absolute Gasteiger partial charge is 0.454 e. The Morgan fingerprint density at radius 3 is 2.70 bits per heavy atom. The highest BCUT2D eigenvalue weighted by molar-refractivity contribution is 7.98. The molecule has 30 heavy (non-hydrogen) atoms. The first-order valence-corrected chi connectivity index (χ1v) is 10.1. The van der Waals surface area contributed by atoms with Gasteiger partial charge in [-0.15, -0.1) is 11.8 Å². The van der Waals surface area contributed by atoms with Crippen molar-refractivity contribution >= 4 is 35.0 Å². The summed E-state index contributed by atoms with van der Waals surface area (Å²) < 4.78 is 24.8. The van der Waals surface area contributed by atoms with E-state index >= 15 is 0 Å². The van der Waals surface area contributed by atoms with Crippen LogP contribution in [0.4, 0.5) is 15.8 Å². The molecule has 2 heterocycles. The number of ether oxygens (including phenoxy) is 2. The monoisotopic (exact) mass is 425 g/mol. The number of hydrogen-bond acceptors (Lipinski definition) is 6. The highest BCUT2D eigenvalue weighted by atomic mass is 32.2. The van der Waals surface area contributed by atoms with Crippen molar-refractivity contribution in [1.29, 1.82) is 0 Å². The van der Waals surface area contributed by atoms with Crippen molar-refractivity contribution in [3.63, 3.8) is 0 Å². The Kier molecular flexibility index (Phi) is 5.53. The van der Waals surface area contributed by atoms with Gasteiger partial charge in [-0.1, -0.05) is 0 Å². The average Bonchev–Trinajstić information content (AvgIpc) is 3.23. The zero-order chi connectivity index (χ0) is 21.1. The van der Waals surface area contributed by atoms with Gasteiger partial charge >= 0.3 is 0 Å². The Bertz CT molecular complexity index is 1140. The molecule has 2 amide bonds. The standard InChI is InChI=1S/C21H16FN3O4S/c1-30-21-14(3-2-8-23-21)20(27)25-16-10-13(5-6-15(16)22)24-19(26)12-4-7-17-18(9-12)29-11-28-17/h2-10H,11H2,1H3,(H,24,26)(H,25,27). The number of pyridine rings is 1. The third-order valence-corrected chi connectivity index (χ3v) is 5.03. The first-order valence-electron chi connectivity index (χ1n) is 8.86. The van der Waals surface area contributed by atoms with E-state index in [0.717, 1.165) is 0 Å². The predicted molar refractivity (Wildman–Crippen MR) is 111 cm³/mol. The number of benzene rings is 2. The van der Waals surface area contributed by atoms with E-state index in [2.05, 4.69) is 15.6 Å². The molecule has 1 aliphatic heterocycles. The Morgan fingerprint density at radius 1 is 1.03 bits per heavy atom. The summed E-state index contributed by atoms with van der Waals surface area (Å²) in [4.78, 5) is 29.2. The molecule has 0 saturated heterocycles. The molecule has 0 atom stereocenters. The molecular weight excluding hydrogens is 409 g/mol. The maximum atomic E-state index is 14.3. The number of carbonyl (C=O) groups excluding carboxylic acids is 2. The molecule has 0 bridgehead atoms. The number of halogens is 1. The molecule has 0 spiro atoms. The highest BCUT2D eigenvalue weighted by Crippen LogP contribution is 2.32. The molecule has 3 aromatic rings. The zero-order valence-electron chi connectivity index (χ0n) is 15.8. The second-order valence-corrected chi connectivity index (χ2v) is 7.03. The molecule has 7 nitrogen and oxygen atoms in total. The van der Waals surface area contributed by atoms with Gasteiger partial charge in [0.15, 0.2) is 11.5 Å². The van der Waals surface area contributed by atoms with Gasteiger partial charge in [0.1, 0.15) is 10.8 Å². The molecule has 2 N–H and O–H groups in total. The van der Waals surface area contributed by atoms with Crippen LogP contribution in [0.2, 0.25) is 0 Å². The molecule has 1 aromatic heterocycles. The van der Waals surface area contributed by atoms with Crippen LogP contribution in [0.15, 0.2) is 59.8 Å². The summed E-state index contributed by atoms with van der Waals surface area (Å²) in [5.74, 6) is -0.479. The third kappa shape index (κ3) is 4.06. The second kappa shape index (κ2) is 8.42. The van der Waals surface area contributed by atoms with E-state index in [-0.39, 0.29) is 12.5 Å². The first-order chi connectivity index (χ1) is 14.5. The van der Waals surface area contributed by atoms with Gasteiger partial charge in [-0.05, 0) is 54.8 Å². The molecule has 0 radical (unpaired) electrons. The number of amides is 2. The number of fused-ring (bicyclic) bond motifs is 1. The van der Waals surface area contributed by atoms with Gasteiger partial charge in [-0.25, -0.2) is 9.37 Å². The lowest BCUT2D eigenvalue weighted by atomic mass is 10.1. The molecule has 0 unspecified atom stereocenters. The fraction of sp³-hybridized carbons (Fsp3) is 0.0952. The van der Waals surface area contributed by atoms with Crippen molar-refractivity contribution in [1.82, 2.24) is 4.98 Å². The number of rotatable bonds is 5. The minimum Gasteiger partial charge on any atom is -0.454 e. The maximum absolute atomic E-state index is 14.3. The molecule has 152 valence electrons. The van der Waals surface area contributed by atoms with Crippen molar-refractivity contribution in [2.75, 3.05) is 23.7 Å². The number of nitrogens with zero attached hydrogens (tertiary/aromatic N) is 1. The second-order valence-electron chi connectivity index (χ2n) is 6.23. The smallest absolute Gasteiger partial charge is 0.258 e. The highest BCUT2D eigenvalue weighted by Gasteiger charge is 2.18. The van der Waals surface area contributed by atoms with Crippen LogP contribution in [0.25, 0.3) is 0 Å². The van der Waals surface area contributed by atoms with Crippen LogP contribution in [-0.4, -0.2) is 29.8 Å². The van der Waals surface area contributed by atoms with Gasteiger partial charge in [0.25, 0.3) is 11.8 Å². The quantitative estimate of drug-likeness (QED) is 0.597. The minimum absolute atomic E-state index is 0.0561. The molecule has 4 rings (SSSR count). The van der Waals surface area contributed by atoms with Crippen LogP contribution in [0.1, 0.15) is 20.7 Å². The van der Waals surface area contributed by atoms with Crippen LogP contribution in [-0.2, 0) is 0 Å². The van der Waals surface area contributed by atoms with Gasteiger partial charge in [-0.2, -0.15) is 0 Å². The van der Waals surface area contributed by atoms with Gasteiger partial charge in [0.2, 0.25) is 6.79 Å². The summed E-state index contributed by atoms with van der Waals surface area (Å²) in [5.41, 5.74) is 0.957. The molecule has 2 aromatic carbocycles. The molecule has 0 fully saturated rings. The summed E-state index contributed by atoms with van der Waals surface area (Å²) in [5, 5.41) is 5.75. The lowest BCUT2D eigenvalue weighted by molar-refractivity contribution is 0.101. The Labute approximate surface area is 175 Å². The van der Waals surface area contributed by atoms with E-state index in [1.54, 1.807) is 42.8 Å². The van der Waals surface area contributed by atoms with Crippen LogP contribution < -0.4 is 20.1 Å². The van der Waals surface area contributed by atoms with E-state index < -0.39 is 17.6 Å².